The lowest BCUT2D eigenvalue weighted by molar-refractivity contribution is -0.137. The molecule has 0 radical (unpaired) electrons. The number of aliphatic carboxylic acids is 1. The van der Waals surface area contributed by atoms with Crippen LogP contribution in [0.5, 0.6) is 0 Å². The van der Waals surface area contributed by atoms with Crippen LogP contribution in [-0.4, -0.2) is 16.9 Å². The molecule has 1 aliphatic heterocycles. The topological polar surface area (TPSA) is 61.7 Å². The van der Waals surface area contributed by atoms with Gasteiger partial charge in [-0.15, -0.1) is 0 Å². The molecule has 1 atom stereocenters. The Bertz CT molecular complexity index is 533. The van der Waals surface area contributed by atoms with Gasteiger partial charge in [0.25, 0.3) is 0 Å². The van der Waals surface area contributed by atoms with Gasteiger partial charge < -0.3 is 10.4 Å². The van der Waals surface area contributed by atoms with Gasteiger partial charge in [-0.2, -0.15) is 0 Å². The van der Waals surface area contributed by atoms with Crippen LogP contribution in [0.3, 0.4) is 0 Å². The molecule has 20 heavy (non-hydrogen) atoms. The predicted molar refractivity (Wildman–Crippen MR) is 79.1 cm³/mol. The Kier molecular flexibility index (Phi) is 3.72. The zero-order valence-electron chi connectivity index (χ0n) is 11.5. The average molecular weight is 272 g/mol. The summed E-state index contributed by atoms with van der Waals surface area (Å²) < 4.78 is 0. The highest BCUT2D eigenvalue weighted by atomic mass is 16.4. The van der Waals surface area contributed by atoms with Crippen LogP contribution in [0.15, 0.2) is 29.3 Å². The summed E-state index contributed by atoms with van der Waals surface area (Å²) in [5, 5.41) is 12.5. The Morgan fingerprint density at radius 1 is 1.25 bits per heavy atom. The van der Waals surface area contributed by atoms with Crippen molar-refractivity contribution < 1.29 is 9.90 Å². The number of carboxylic acids is 1. The first-order valence-corrected chi connectivity index (χ1v) is 7.39. The van der Waals surface area contributed by atoms with Gasteiger partial charge in [-0.3, -0.25) is 9.79 Å². The maximum Gasteiger partial charge on any atom is 0.305 e. The van der Waals surface area contributed by atoms with Crippen molar-refractivity contribution in [2.45, 2.75) is 44.6 Å². The largest absolute Gasteiger partial charge is 0.481 e. The van der Waals surface area contributed by atoms with E-state index < -0.39 is 5.97 Å². The second-order valence-electron chi connectivity index (χ2n) is 5.68. The number of anilines is 1. The number of aliphatic imine (C=N–C) groups is 1. The van der Waals surface area contributed by atoms with Crippen molar-refractivity contribution in [2.24, 2.45) is 10.9 Å². The fourth-order valence-corrected chi connectivity index (χ4v) is 3.21. The van der Waals surface area contributed by atoms with Crippen LogP contribution >= 0.6 is 0 Å². The predicted octanol–water partition coefficient (Wildman–Crippen LogP) is 3.61. The number of fused-ring (bicyclic) bond motifs is 1. The van der Waals surface area contributed by atoms with Gasteiger partial charge in [0, 0.05) is 17.2 Å². The minimum Gasteiger partial charge on any atom is -0.481 e. The molecule has 1 aliphatic carbocycles. The number of nitrogens with one attached hydrogen (secondary N) is 1. The normalized spacial score (nSPS) is 22.6. The maximum absolute atomic E-state index is 11.1. The first-order valence-electron chi connectivity index (χ1n) is 7.39. The van der Waals surface area contributed by atoms with E-state index in [1.54, 1.807) is 0 Å². The summed E-state index contributed by atoms with van der Waals surface area (Å²) >= 11 is 0. The third-order valence-corrected chi connectivity index (χ3v) is 4.24. The Hall–Kier alpha value is -1.84. The van der Waals surface area contributed by atoms with Crippen LogP contribution in [0.25, 0.3) is 0 Å². The van der Waals surface area contributed by atoms with Gasteiger partial charge in [0.2, 0.25) is 0 Å². The van der Waals surface area contributed by atoms with E-state index in [0.29, 0.717) is 5.92 Å². The molecule has 4 heteroatoms. The van der Waals surface area contributed by atoms with E-state index in [-0.39, 0.29) is 12.5 Å². The van der Waals surface area contributed by atoms with Crippen LogP contribution in [0.4, 0.5) is 5.69 Å². The minimum absolute atomic E-state index is 0.0644. The Balaban J connectivity index is 1.89. The van der Waals surface area contributed by atoms with Gasteiger partial charge in [0.05, 0.1) is 12.5 Å². The number of benzene rings is 1. The van der Waals surface area contributed by atoms with Crippen molar-refractivity contribution in [1.82, 2.24) is 0 Å². The van der Waals surface area contributed by atoms with E-state index in [1.165, 1.54) is 19.3 Å². The zero-order chi connectivity index (χ0) is 13.9. The van der Waals surface area contributed by atoms with Gasteiger partial charge in [-0.25, -0.2) is 0 Å². The molecular weight excluding hydrogens is 252 g/mol. The maximum atomic E-state index is 11.1. The van der Waals surface area contributed by atoms with E-state index >= 15 is 0 Å². The van der Waals surface area contributed by atoms with E-state index in [1.807, 2.05) is 24.3 Å². The average Bonchev–Trinajstić information content (AvgIpc) is 2.47. The Morgan fingerprint density at radius 2 is 2.00 bits per heavy atom. The van der Waals surface area contributed by atoms with E-state index in [9.17, 15) is 4.79 Å². The molecule has 2 N–H and O–H groups in total. The second-order valence-corrected chi connectivity index (χ2v) is 5.68. The lowest BCUT2D eigenvalue weighted by atomic mass is 9.87. The molecular formula is C16H20N2O2. The SMILES string of the molecule is O=C(O)CC1N=C(C2CCCCC2)Nc2ccccc21. The van der Waals surface area contributed by atoms with Crippen LogP contribution in [-0.2, 0) is 4.79 Å². The summed E-state index contributed by atoms with van der Waals surface area (Å²) in [6.07, 6.45) is 6.18. The van der Waals surface area contributed by atoms with E-state index in [2.05, 4.69) is 5.32 Å². The molecule has 106 valence electrons. The molecule has 0 amide bonds. The van der Waals surface area contributed by atoms with Gasteiger partial charge in [0.1, 0.15) is 5.84 Å². The van der Waals surface area contributed by atoms with E-state index in [4.69, 9.17) is 10.1 Å². The molecule has 1 unspecified atom stereocenters. The fourth-order valence-electron chi connectivity index (χ4n) is 3.21. The number of carboxylic acid groups (broad SMARTS) is 1. The highest BCUT2D eigenvalue weighted by molar-refractivity contribution is 5.99. The monoisotopic (exact) mass is 272 g/mol. The van der Waals surface area contributed by atoms with Gasteiger partial charge >= 0.3 is 5.97 Å². The number of para-hydroxylation sites is 1. The number of nitrogens with zero attached hydrogens (tertiary/aromatic N) is 1. The van der Waals surface area contributed by atoms with Gasteiger partial charge in [-0.05, 0) is 18.9 Å². The molecule has 2 aliphatic rings. The summed E-state index contributed by atoms with van der Waals surface area (Å²) in [6, 6.07) is 7.66. The van der Waals surface area contributed by atoms with Crippen LogP contribution in [0, 0.1) is 5.92 Å². The number of hydrogen-bond acceptors (Lipinski definition) is 3. The molecule has 0 spiro atoms. The minimum atomic E-state index is -0.793. The first kappa shape index (κ1) is 13.2. The molecule has 0 bridgehead atoms. The summed E-state index contributed by atoms with van der Waals surface area (Å²) in [7, 11) is 0. The summed E-state index contributed by atoms with van der Waals surface area (Å²) in [5.74, 6) is 0.668. The van der Waals surface area contributed by atoms with Crippen molar-refractivity contribution in [2.75, 3.05) is 5.32 Å². The van der Waals surface area contributed by atoms with Crippen molar-refractivity contribution in [1.29, 1.82) is 0 Å². The highest BCUT2D eigenvalue weighted by Gasteiger charge is 2.27. The molecule has 1 saturated carbocycles. The van der Waals surface area contributed by atoms with Crippen molar-refractivity contribution >= 4 is 17.5 Å². The number of hydrogen-bond donors (Lipinski definition) is 2. The summed E-state index contributed by atoms with van der Waals surface area (Å²) in [5.41, 5.74) is 2.02. The fraction of sp³-hybridized carbons (Fsp3) is 0.500. The quantitative estimate of drug-likeness (QED) is 0.883. The van der Waals surface area contributed by atoms with Crippen molar-refractivity contribution in [3.8, 4) is 0 Å². The molecule has 0 aromatic heterocycles. The molecule has 1 aromatic carbocycles. The van der Waals surface area contributed by atoms with Crippen molar-refractivity contribution in [3.05, 3.63) is 29.8 Å². The van der Waals surface area contributed by atoms with Gasteiger partial charge in [-0.1, -0.05) is 37.5 Å². The zero-order valence-corrected chi connectivity index (χ0v) is 11.5. The smallest absolute Gasteiger partial charge is 0.305 e. The summed E-state index contributed by atoms with van der Waals surface area (Å²) in [4.78, 5) is 15.8. The Morgan fingerprint density at radius 3 is 2.75 bits per heavy atom. The lowest BCUT2D eigenvalue weighted by Gasteiger charge is -2.30. The second kappa shape index (κ2) is 5.65. The standard InChI is InChI=1S/C16H20N2O2/c19-15(20)10-14-12-8-4-5-9-13(12)17-16(18-14)11-6-2-1-3-7-11/h4-5,8-9,11,14H,1-3,6-7,10H2,(H,17,18)(H,19,20). The highest BCUT2D eigenvalue weighted by Crippen LogP contribution is 2.35. The number of rotatable bonds is 3. The number of carbonyl (C=O) groups is 1. The Labute approximate surface area is 118 Å². The van der Waals surface area contributed by atoms with E-state index in [0.717, 1.165) is 29.9 Å². The third kappa shape index (κ3) is 2.69. The molecule has 1 aromatic rings. The molecule has 1 fully saturated rings. The molecule has 4 nitrogen and oxygen atoms in total. The first-order chi connectivity index (χ1) is 9.74. The molecule has 1 heterocycles. The van der Waals surface area contributed by atoms with Crippen LogP contribution in [0.1, 0.15) is 50.1 Å². The summed E-state index contributed by atoms with van der Waals surface area (Å²) in [6.45, 7) is 0. The lowest BCUT2D eigenvalue weighted by Crippen LogP contribution is -2.29. The van der Waals surface area contributed by atoms with Crippen LogP contribution < -0.4 is 5.32 Å². The molecule has 0 saturated heterocycles. The third-order valence-electron chi connectivity index (χ3n) is 4.24. The van der Waals surface area contributed by atoms with Crippen molar-refractivity contribution in [3.63, 3.8) is 0 Å². The van der Waals surface area contributed by atoms with Gasteiger partial charge in [0.15, 0.2) is 0 Å². The number of amidine groups is 1. The molecule has 3 rings (SSSR count). The van der Waals surface area contributed by atoms with Crippen LogP contribution in [0.2, 0.25) is 0 Å².